The summed E-state index contributed by atoms with van der Waals surface area (Å²) in [5, 5.41) is 2.82. The molecule has 0 amide bonds. The van der Waals surface area contributed by atoms with Gasteiger partial charge >= 0.3 is 0 Å². The highest BCUT2D eigenvalue weighted by Gasteiger charge is 1.79. The Morgan fingerprint density at radius 2 is 2.33 bits per heavy atom. The van der Waals surface area contributed by atoms with Crippen molar-refractivity contribution in [3.8, 4) is 0 Å². The fourth-order valence-electron chi connectivity index (χ4n) is 0.503. The van der Waals surface area contributed by atoms with Crippen molar-refractivity contribution in [2.45, 2.75) is 12.8 Å². The summed E-state index contributed by atoms with van der Waals surface area (Å²) < 4.78 is 0. The molecule has 0 aliphatic carbocycles. The smallest absolute Gasteiger partial charge is 0.0821 e. The van der Waals surface area contributed by atoms with Crippen molar-refractivity contribution < 1.29 is 0 Å². The Labute approximate surface area is 56.3 Å². The highest BCUT2D eigenvalue weighted by molar-refractivity contribution is 5.53. The molecule has 0 aliphatic rings. The van der Waals surface area contributed by atoms with Gasteiger partial charge in [0.2, 0.25) is 0 Å². The second-order valence-corrected chi connectivity index (χ2v) is 1.82. The van der Waals surface area contributed by atoms with Gasteiger partial charge in [0.1, 0.15) is 0 Å². The summed E-state index contributed by atoms with van der Waals surface area (Å²) in [6, 6.07) is 0. The van der Waals surface area contributed by atoms with E-state index >= 15 is 0 Å². The molecule has 0 aromatic carbocycles. The van der Waals surface area contributed by atoms with E-state index in [0.29, 0.717) is 0 Å². The third-order valence-electron chi connectivity index (χ3n) is 0.962. The number of unbranched alkanes of at least 4 members (excludes halogenated alkanes) is 1. The summed E-state index contributed by atoms with van der Waals surface area (Å²) >= 11 is 0. The number of aliphatic imine (C=N–C) groups is 1. The second kappa shape index (κ2) is 7.43. The lowest BCUT2D eigenvalue weighted by Crippen LogP contribution is -2.02. The molecule has 0 aromatic heterocycles. The zero-order valence-electron chi connectivity index (χ0n) is 5.93. The van der Waals surface area contributed by atoms with Gasteiger partial charge in [0.05, 0.1) is 6.34 Å². The Morgan fingerprint density at radius 1 is 1.56 bits per heavy atom. The molecule has 0 spiro atoms. The molecule has 3 nitrogen and oxygen atoms in total. The van der Waals surface area contributed by atoms with E-state index in [9.17, 15) is 0 Å². The summed E-state index contributed by atoms with van der Waals surface area (Å²) in [4.78, 5) is 4.04. The summed E-state index contributed by atoms with van der Waals surface area (Å²) in [5.41, 5.74) is 5.28. The van der Waals surface area contributed by atoms with Crippen LogP contribution >= 0.6 is 0 Å². The van der Waals surface area contributed by atoms with Gasteiger partial charge < -0.3 is 11.1 Å². The maximum absolute atomic E-state index is 5.28. The van der Waals surface area contributed by atoms with Gasteiger partial charge in [-0.1, -0.05) is 0 Å². The van der Waals surface area contributed by atoms with Crippen molar-refractivity contribution in [2.24, 2.45) is 10.7 Å². The van der Waals surface area contributed by atoms with E-state index in [-0.39, 0.29) is 0 Å². The third-order valence-corrected chi connectivity index (χ3v) is 0.962. The maximum atomic E-state index is 5.28. The fraction of sp³-hybridized carbons (Fsp3) is 0.833. The molecule has 0 atom stereocenters. The fourth-order valence-corrected chi connectivity index (χ4v) is 0.503. The third kappa shape index (κ3) is 7.43. The average Bonchev–Trinajstić information content (AvgIpc) is 1.89. The number of nitrogens with zero attached hydrogens (tertiary/aromatic N) is 1. The van der Waals surface area contributed by atoms with Crippen LogP contribution in [-0.2, 0) is 0 Å². The van der Waals surface area contributed by atoms with Crippen molar-refractivity contribution in [1.29, 1.82) is 0 Å². The number of nitrogens with one attached hydrogen (secondary N) is 1. The van der Waals surface area contributed by atoms with E-state index in [2.05, 4.69) is 10.3 Å². The average molecular weight is 129 g/mol. The molecule has 0 aromatic rings. The molecule has 0 saturated carbocycles. The quantitative estimate of drug-likeness (QED) is 0.311. The van der Waals surface area contributed by atoms with Gasteiger partial charge in [0.25, 0.3) is 0 Å². The number of nitrogens with two attached hydrogens (primary N) is 1. The predicted octanol–water partition coefficient (Wildman–Crippen LogP) is -0.0270. The molecular weight excluding hydrogens is 114 g/mol. The Hall–Kier alpha value is -0.570. The number of hydrogen-bond donors (Lipinski definition) is 2. The summed E-state index contributed by atoms with van der Waals surface area (Å²) in [6.07, 6.45) is 3.87. The first-order chi connectivity index (χ1) is 4.41. The largest absolute Gasteiger partial charge is 0.380 e. The van der Waals surface area contributed by atoms with Gasteiger partial charge in [-0.05, 0) is 19.4 Å². The van der Waals surface area contributed by atoms with Gasteiger partial charge in [-0.15, -0.1) is 0 Å². The van der Waals surface area contributed by atoms with Crippen molar-refractivity contribution in [1.82, 2.24) is 5.32 Å². The van der Waals surface area contributed by atoms with Crippen LogP contribution in [0.2, 0.25) is 0 Å². The Balaban J connectivity index is 2.82. The van der Waals surface area contributed by atoms with E-state index in [0.717, 1.165) is 25.9 Å². The second-order valence-electron chi connectivity index (χ2n) is 1.82. The van der Waals surface area contributed by atoms with E-state index in [1.54, 1.807) is 6.34 Å². The van der Waals surface area contributed by atoms with Gasteiger partial charge in [-0.2, -0.15) is 0 Å². The topological polar surface area (TPSA) is 50.4 Å². The molecule has 0 fully saturated rings. The summed E-state index contributed by atoms with van der Waals surface area (Å²) in [6.45, 7) is 1.66. The highest BCUT2D eigenvalue weighted by Crippen LogP contribution is 1.84. The molecule has 3 heteroatoms. The van der Waals surface area contributed by atoms with E-state index in [1.807, 2.05) is 7.05 Å². The van der Waals surface area contributed by atoms with Crippen LogP contribution in [0.1, 0.15) is 12.8 Å². The van der Waals surface area contributed by atoms with Crippen LogP contribution < -0.4 is 11.1 Å². The molecule has 0 unspecified atom stereocenters. The SMILES string of the molecule is CN/C=N\CCCCN. The van der Waals surface area contributed by atoms with E-state index in [4.69, 9.17) is 5.73 Å². The molecule has 54 valence electrons. The molecular formula is C6H15N3. The Morgan fingerprint density at radius 3 is 2.89 bits per heavy atom. The summed E-state index contributed by atoms with van der Waals surface area (Å²) in [7, 11) is 1.84. The van der Waals surface area contributed by atoms with Crippen LogP contribution in [0.25, 0.3) is 0 Å². The Bertz CT molecular complexity index is 70.7. The van der Waals surface area contributed by atoms with Crippen molar-refractivity contribution in [3.63, 3.8) is 0 Å². The van der Waals surface area contributed by atoms with Crippen LogP contribution in [0.15, 0.2) is 4.99 Å². The molecule has 0 rings (SSSR count). The lowest BCUT2D eigenvalue weighted by atomic mass is 10.3. The van der Waals surface area contributed by atoms with Crippen molar-refractivity contribution in [2.75, 3.05) is 20.1 Å². The molecule has 0 bridgehead atoms. The van der Waals surface area contributed by atoms with Gasteiger partial charge in [0, 0.05) is 13.6 Å². The molecule has 0 saturated heterocycles. The molecule has 0 aliphatic heterocycles. The monoisotopic (exact) mass is 129 g/mol. The van der Waals surface area contributed by atoms with Crippen LogP contribution in [-0.4, -0.2) is 26.5 Å². The van der Waals surface area contributed by atoms with Gasteiger partial charge in [-0.3, -0.25) is 4.99 Å². The van der Waals surface area contributed by atoms with Crippen LogP contribution in [0.4, 0.5) is 0 Å². The van der Waals surface area contributed by atoms with Crippen LogP contribution in [0.3, 0.4) is 0 Å². The van der Waals surface area contributed by atoms with E-state index in [1.165, 1.54) is 0 Å². The lowest BCUT2D eigenvalue weighted by molar-refractivity contribution is 0.756. The number of hydrogen-bond acceptors (Lipinski definition) is 2. The first-order valence-corrected chi connectivity index (χ1v) is 3.27. The molecule has 0 heterocycles. The first kappa shape index (κ1) is 8.43. The zero-order chi connectivity index (χ0) is 6.95. The van der Waals surface area contributed by atoms with Crippen LogP contribution in [0.5, 0.6) is 0 Å². The molecule has 9 heavy (non-hydrogen) atoms. The minimum Gasteiger partial charge on any atom is -0.380 e. The first-order valence-electron chi connectivity index (χ1n) is 3.27. The molecule has 3 N–H and O–H groups in total. The van der Waals surface area contributed by atoms with Gasteiger partial charge in [0.15, 0.2) is 0 Å². The minimum atomic E-state index is 0.773. The zero-order valence-corrected chi connectivity index (χ0v) is 5.93. The van der Waals surface area contributed by atoms with Crippen molar-refractivity contribution in [3.05, 3.63) is 0 Å². The maximum Gasteiger partial charge on any atom is 0.0821 e. The van der Waals surface area contributed by atoms with Crippen LogP contribution in [0, 0.1) is 0 Å². The normalized spacial score (nSPS) is 10.4. The van der Waals surface area contributed by atoms with Gasteiger partial charge in [-0.25, -0.2) is 0 Å². The highest BCUT2D eigenvalue weighted by atomic mass is 14.9. The van der Waals surface area contributed by atoms with Crippen molar-refractivity contribution >= 4 is 6.34 Å². The number of rotatable bonds is 5. The lowest BCUT2D eigenvalue weighted by Gasteiger charge is -1.91. The minimum absolute atomic E-state index is 0.773. The summed E-state index contributed by atoms with van der Waals surface area (Å²) in [5.74, 6) is 0. The Kier molecular flexibility index (Phi) is 6.96. The predicted molar refractivity (Wildman–Crippen MR) is 40.7 cm³/mol. The molecule has 0 radical (unpaired) electrons. The standard InChI is InChI=1S/C6H15N3/c1-8-6-9-5-3-2-4-7/h6H,2-5,7H2,1H3,(H,8,9). The van der Waals surface area contributed by atoms with E-state index < -0.39 is 0 Å².